The van der Waals surface area contributed by atoms with Crippen LogP contribution in [-0.4, -0.2) is 22.6 Å². The fourth-order valence-electron chi connectivity index (χ4n) is 0.701. The molecular weight excluding hydrogens is 160 g/mol. The van der Waals surface area contributed by atoms with Crippen molar-refractivity contribution in [3.05, 3.63) is 28.9 Å². The number of methoxy groups -OCH3 is 1. The van der Waals surface area contributed by atoms with Crippen LogP contribution in [0.1, 0.15) is 0 Å². The second-order valence-electron chi connectivity index (χ2n) is 2.12. The molecule has 0 N–H and O–H groups in total. The van der Waals surface area contributed by atoms with Crippen molar-refractivity contribution in [2.24, 2.45) is 0 Å². The van der Waals surface area contributed by atoms with Gasteiger partial charge in [-0.05, 0) is 0 Å². The lowest BCUT2D eigenvalue weighted by molar-refractivity contribution is -0.141. The van der Waals surface area contributed by atoms with Gasteiger partial charge in [-0.2, -0.15) is 0 Å². The molecule has 64 valence electrons. The molecule has 1 heterocycles. The molecule has 0 amide bonds. The highest BCUT2D eigenvalue weighted by atomic mass is 16.5. The van der Waals surface area contributed by atoms with Crippen LogP contribution in [-0.2, 0) is 16.1 Å². The van der Waals surface area contributed by atoms with Crippen molar-refractivity contribution in [1.29, 1.82) is 0 Å². The molecule has 0 atom stereocenters. The molecule has 0 radical (unpaired) electrons. The molecule has 0 aliphatic rings. The summed E-state index contributed by atoms with van der Waals surface area (Å²) in [5, 5.41) is 0. The first-order valence-corrected chi connectivity index (χ1v) is 3.31. The van der Waals surface area contributed by atoms with Crippen LogP contribution in [0.25, 0.3) is 0 Å². The average Bonchev–Trinajstić information content (AvgIpc) is 2.09. The summed E-state index contributed by atoms with van der Waals surface area (Å²) in [6.07, 6.45) is 2.66. The standard InChI is InChI=1S/C7H8N2O3/c1-12-7(11)4-9-5-8-3-2-6(9)10/h2-3,5H,4H2,1H3. The van der Waals surface area contributed by atoms with Crippen LogP contribution in [0, 0.1) is 0 Å². The number of nitrogens with zero attached hydrogens (tertiary/aromatic N) is 2. The minimum atomic E-state index is -0.467. The predicted molar refractivity (Wildman–Crippen MR) is 40.5 cm³/mol. The normalized spacial score (nSPS) is 9.42. The molecule has 0 aromatic carbocycles. The number of aromatic nitrogens is 2. The molecule has 0 saturated heterocycles. The van der Waals surface area contributed by atoms with E-state index in [0.29, 0.717) is 0 Å². The zero-order valence-electron chi connectivity index (χ0n) is 6.56. The van der Waals surface area contributed by atoms with Crippen LogP contribution in [0.3, 0.4) is 0 Å². The molecule has 0 fully saturated rings. The highest BCUT2D eigenvalue weighted by Crippen LogP contribution is 1.80. The Kier molecular flexibility index (Phi) is 2.57. The largest absolute Gasteiger partial charge is 0.468 e. The summed E-state index contributed by atoms with van der Waals surface area (Å²) in [6.45, 7) is -0.0941. The molecule has 1 aromatic heterocycles. The van der Waals surface area contributed by atoms with Crippen LogP contribution < -0.4 is 5.56 Å². The van der Waals surface area contributed by atoms with Gasteiger partial charge in [0.15, 0.2) is 0 Å². The third-order valence-electron chi connectivity index (χ3n) is 1.32. The van der Waals surface area contributed by atoms with Gasteiger partial charge >= 0.3 is 5.97 Å². The van der Waals surface area contributed by atoms with E-state index in [2.05, 4.69) is 9.72 Å². The predicted octanol–water partition coefficient (Wildman–Crippen LogP) is -0.584. The summed E-state index contributed by atoms with van der Waals surface area (Å²) in [6, 6.07) is 1.28. The van der Waals surface area contributed by atoms with Crippen molar-refractivity contribution >= 4 is 5.97 Å². The van der Waals surface area contributed by atoms with E-state index in [1.54, 1.807) is 0 Å². The lowest BCUT2D eigenvalue weighted by Crippen LogP contribution is -2.23. The second kappa shape index (κ2) is 3.66. The summed E-state index contributed by atoms with van der Waals surface area (Å²) in [7, 11) is 1.27. The molecule has 1 rings (SSSR count). The monoisotopic (exact) mass is 168 g/mol. The van der Waals surface area contributed by atoms with E-state index < -0.39 is 5.97 Å². The molecular formula is C7H8N2O3. The second-order valence-corrected chi connectivity index (χ2v) is 2.12. The molecule has 0 spiro atoms. The summed E-state index contributed by atoms with van der Waals surface area (Å²) in [4.78, 5) is 25.4. The third-order valence-corrected chi connectivity index (χ3v) is 1.32. The van der Waals surface area contributed by atoms with E-state index in [1.165, 1.54) is 30.3 Å². The maximum Gasteiger partial charge on any atom is 0.325 e. The van der Waals surface area contributed by atoms with Gasteiger partial charge in [0.25, 0.3) is 5.56 Å². The molecule has 0 aliphatic carbocycles. The lowest BCUT2D eigenvalue weighted by atomic mass is 10.6. The quantitative estimate of drug-likeness (QED) is 0.554. The SMILES string of the molecule is COC(=O)Cn1cnccc1=O. The Labute approximate surface area is 68.6 Å². The Morgan fingerprint density at radius 3 is 3.08 bits per heavy atom. The van der Waals surface area contributed by atoms with Gasteiger partial charge in [0.05, 0.1) is 13.4 Å². The molecule has 0 saturated carbocycles. The minimum Gasteiger partial charge on any atom is -0.468 e. The first-order chi connectivity index (χ1) is 5.74. The number of hydrogen-bond donors (Lipinski definition) is 0. The van der Waals surface area contributed by atoms with Crippen LogP contribution >= 0.6 is 0 Å². The van der Waals surface area contributed by atoms with E-state index in [1.807, 2.05) is 0 Å². The van der Waals surface area contributed by atoms with Gasteiger partial charge in [-0.1, -0.05) is 0 Å². The van der Waals surface area contributed by atoms with Crippen molar-refractivity contribution in [2.45, 2.75) is 6.54 Å². The average molecular weight is 168 g/mol. The highest BCUT2D eigenvalue weighted by molar-refractivity contribution is 5.68. The van der Waals surface area contributed by atoms with E-state index in [9.17, 15) is 9.59 Å². The van der Waals surface area contributed by atoms with E-state index in [0.717, 1.165) is 0 Å². The topological polar surface area (TPSA) is 61.2 Å². The van der Waals surface area contributed by atoms with Crippen molar-refractivity contribution in [2.75, 3.05) is 7.11 Å². The van der Waals surface area contributed by atoms with Crippen molar-refractivity contribution in [1.82, 2.24) is 9.55 Å². The molecule has 12 heavy (non-hydrogen) atoms. The number of hydrogen-bond acceptors (Lipinski definition) is 4. The van der Waals surface area contributed by atoms with Gasteiger partial charge in [0.2, 0.25) is 0 Å². The van der Waals surface area contributed by atoms with Gasteiger partial charge in [0, 0.05) is 12.3 Å². The Morgan fingerprint density at radius 1 is 1.75 bits per heavy atom. The van der Waals surface area contributed by atoms with Gasteiger partial charge in [-0.3, -0.25) is 14.2 Å². The number of rotatable bonds is 2. The Morgan fingerprint density at radius 2 is 2.50 bits per heavy atom. The summed E-state index contributed by atoms with van der Waals surface area (Å²) in [5.41, 5.74) is -0.268. The Bertz CT molecular complexity index is 331. The van der Waals surface area contributed by atoms with Crippen molar-refractivity contribution < 1.29 is 9.53 Å². The summed E-state index contributed by atoms with van der Waals surface area (Å²) < 4.78 is 5.56. The van der Waals surface area contributed by atoms with Crippen molar-refractivity contribution in [3.63, 3.8) is 0 Å². The fraction of sp³-hybridized carbons (Fsp3) is 0.286. The van der Waals surface area contributed by atoms with Gasteiger partial charge in [-0.25, -0.2) is 4.98 Å². The smallest absolute Gasteiger partial charge is 0.325 e. The van der Waals surface area contributed by atoms with Crippen molar-refractivity contribution in [3.8, 4) is 0 Å². The zero-order chi connectivity index (χ0) is 8.97. The molecule has 5 heteroatoms. The summed E-state index contributed by atoms with van der Waals surface area (Å²) >= 11 is 0. The third kappa shape index (κ3) is 1.91. The highest BCUT2D eigenvalue weighted by Gasteiger charge is 2.01. The van der Waals surface area contributed by atoms with Crippen LogP contribution in [0.5, 0.6) is 0 Å². The molecule has 5 nitrogen and oxygen atoms in total. The van der Waals surface area contributed by atoms with Gasteiger partial charge in [0.1, 0.15) is 6.54 Å². The van der Waals surface area contributed by atoms with Gasteiger partial charge < -0.3 is 4.74 Å². The minimum absolute atomic E-state index is 0.0941. The molecule has 1 aromatic rings. The first-order valence-electron chi connectivity index (χ1n) is 3.31. The lowest BCUT2D eigenvalue weighted by Gasteiger charge is -2.00. The maximum atomic E-state index is 11.0. The zero-order valence-corrected chi connectivity index (χ0v) is 6.56. The Balaban J connectivity index is 2.83. The van der Waals surface area contributed by atoms with Crippen LogP contribution in [0.4, 0.5) is 0 Å². The van der Waals surface area contributed by atoms with E-state index in [4.69, 9.17) is 0 Å². The molecule has 0 unspecified atom stereocenters. The van der Waals surface area contributed by atoms with E-state index in [-0.39, 0.29) is 12.1 Å². The van der Waals surface area contributed by atoms with Gasteiger partial charge in [-0.15, -0.1) is 0 Å². The fourth-order valence-corrected chi connectivity index (χ4v) is 0.701. The number of carbonyl (C=O) groups excluding carboxylic acids is 1. The van der Waals surface area contributed by atoms with Crippen LogP contribution in [0.15, 0.2) is 23.4 Å². The van der Waals surface area contributed by atoms with E-state index >= 15 is 0 Å². The number of ether oxygens (including phenoxy) is 1. The molecule has 0 aliphatic heterocycles. The van der Waals surface area contributed by atoms with Crippen LogP contribution in [0.2, 0.25) is 0 Å². The summed E-state index contributed by atoms with van der Waals surface area (Å²) in [5.74, 6) is -0.467. The number of carbonyl (C=O) groups is 1. The maximum absolute atomic E-state index is 11.0. The Hall–Kier alpha value is -1.65. The molecule has 0 bridgehead atoms. The first kappa shape index (κ1) is 8.45. The number of esters is 1.